The number of amides is 2. The number of rotatable bonds is 5. The lowest BCUT2D eigenvalue weighted by Gasteiger charge is -2.37. The second-order valence-corrected chi connectivity index (χ2v) is 9.87. The van der Waals surface area contributed by atoms with Crippen molar-refractivity contribution in [2.75, 3.05) is 7.11 Å². The molecule has 5 heteroatoms. The molecular formula is C30H32N2O3. The Balaban J connectivity index is 1.61. The average molecular weight is 469 g/mol. The van der Waals surface area contributed by atoms with Gasteiger partial charge < -0.3 is 15.0 Å². The lowest BCUT2D eigenvalue weighted by atomic mass is 9.87. The van der Waals surface area contributed by atoms with Crippen molar-refractivity contribution in [1.82, 2.24) is 10.2 Å². The second kappa shape index (κ2) is 9.57. The van der Waals surface area contributed by atoms with E-state index in [2.05, 4.69) is 17.1 Å². The molecule has 0 bridgehead atoms. The third-order valence-corrected chi connectivity index (χ3v) is 7.60. The predicted molar refractivity (Wildman–Crippen MR) is 136 cm³/mol. The highest BCUT2D eigenvalue weighted by Crippen LogP contribution is 2.47. The van der Waals surface area contributed by atoms with E-state index in [-0.39, 0.29) is 23.9 Å². The quantitative estimate of drug-likeness (QED) is 0.558. The normalized spacial score (nSPS) is 24.0. The van der Waals surface area contributed by atoms with E-state index >= 15 is 0 Å². The Morgan fingerprint density at radius 2 is 1.57 bits per heavy atom. The van der Waals surface area contributed by atoms with E-state index in [1.807, 2.05) is 84.9 Å². The number of likely N-dealkylation sites (tertiary alicyclic amines) is 1. The SMILES string of the molecule is COc1ccc([C@@H]2C[C@]3(C)NC(=O)CCC[C@@H]3N2C(=O)C(c2ccccc2)c2ccccc2)cc1. The molecule has 2 heterocycles. The maximum absolute atomic E-state index is 14.6. The van der Waals surface area contributed by atoms with E-state index in [9.17, 15) is 9.59 Å². The predicted octanol–water partition coefficient (Wildman–Crippen LogP) is 5.23. The molecular weight excluding hydrogens is 436 g/mol. The van der Waals surface area contributed by atoms with Gasteiger partial charge in [0.2, 0.25) is 11.8 Å². The van der Waals surface area contributed by atoms with Gasteiger partial charge in [-0.15, -0.1) is 0 Å². The number of methoxy groups -OCH3 is 1. The zero-order valence-corrected chi connectivity index (χ0v) is 20.3. The summed E-state index contributed by atoms with van der Waals surface area (Å²) < 4.78 is 5.37. The Bertz CT molecular complexity index is 1140. The first-order chi connectivity index (χ1) is 17.0. The van der Waals surface area contributed by atoms with Gasteiger partial charge in [-0.1, -0.05) is 72.8 Å². The molecule has 0 spiro atoms. The number of fused-ring (bicyclic) bond motifs is 1. The second-order valence-electron chi connectivity index (χ2n) is 9.87. The largest absolute Gasteiger partial charge is 0.497 e. The fourth-order valence-electron chi connectivity index (χ4n) is 5.92. The minimum absolute atomic E-state index is 0.0699. The lowest BCUT2D eigenvalue weighted by Crippen LogP contribution is -2.54. The fourth-order valence-corrected chi connectivity index (χ4v) is 5.92. The molecule has 3 atom stereocenters. The van der Waals surface area contributed by atoms with Crippen LogP contribution < -0.4 is 10.1 Å². The van der Waals surface area contributed by atoms with Crippen molar-refractivity contribution in [3.63, 3.8) is 0 Å². The van der Waals surface area contributed by atoms with E-state index in [1.165, 1.54) is 0 Å². The van der Waals surface area contributed by atoms with Gasteiger partial charge in [0.25, 0.3) is 0 Å². The van der Waals surface area contributed by atoms with Gasteiger partial charge in [0.1, 0.15) is 5.75 Å². The van der Waals surface area contributed by atoms with Crippen LogP contribution in [0, 0.1) is 0 Å². The molecule has 0 unspecified atom stereocenters. The molecule has 1 N–H and O–H groups in total. The molecule has 35 heavy (non-hydrogen) atoms. The first-order valence-corrected chi connectivity index (χ1v) is 12.4. The number of carbonyl (C=O) groups excluding carboxylic acids is 2. The summed E-state index contributed by atoms with van der Waals surface area (Å²) >= 11 is 0. The number of nitrogens with zero attached hydrogens (tertiary/aromatic N) is 1. The molecule has 3 aromatic rings. The van der Waals surface area contributed by atoms with Crippen molar-refractivity contribution >= 4 is 11.8 Å². The average Bonchev–Trinajstić information content (AvgIpc) is 3.08. The number of carbonyl (C=O) groups is 2. The fraction of sp³-hybridized carbons (Fsp3) is 0.333. The highest BCUT2D eigenvalue weighted by molar-refractivity contribution is 5.89. The summed E-state index contributed by atoms with van der Waals surface area (Å²) in [6.45, 7) is 2.10. The number of hydrogen-bond acceptors (Lipinski definition) is 3. The summed E-state index contributed by atoms with van der Waals surface area (Å²) in [4.78, 5) is 29.3. The Labute approximate surface area is 207 Å². The zero-order chi connectivity index (χ0) is 24.4. The standard InChI is InChI=1S/C30H32N2O3/c1-30-20-25(21-16-18-24(35-2)19-17-21)32(26(30)14-9-15-27(33)31-30)29(34)28(22-10-5-3-6-11-22)23-12-7-4-8-13-23/h3-8,10-13,16-19,25-26,28H,9,14-15,20H2,1-2H3,(H,31,33)/t25-,26-,30-/m0/s1. The van der Waals surface area contributed by atoms with Crippen LogP contribution in [0.1, 0.15) is 61.3 Å². The summed E-state index contributed by atoms with van der Waals surface area (Å²) in [5, 5.41) is 3.29. The minimum Gasteiger partial charge on any atom is -0.497 e. The van der Waals surface area contributed by atoms with Gasteiger partial charge in [-0.05, 0) is 55.0 Å². The highest BCUT2D eigenvalue weighted by atomic mass is 16.5. The third-order valence-electron chi connectivity index (χ3n) is 7.60. The van der Waals surface area contributed by atoms with Crippen LogP contribution in [0.15, 0.2) is 84.9 Å². The highest BCUT2D eigenvalue weighted by Gasteiger charge is 2.54. The van der Waals surface area contributed by atoms with Gasteiger partial charge in [0.15, 0.2) is 0 Å². The molecule has 3 aromatic carbocycles. The zero-order valence-electron chi connectivity index (χ0n) is 20.3. The maximum atomic E-state index is 14.6. The first-order valence-electron chi connectivity index (χ1n) is 12.4. The van der Waals surface area contributed by atoms with Crippen molar-refractivity contribution in [3.05, 3.63) is 102 Å². The molecule has 2 fully saturated rings. The number of ether oxygens (including phenoxy) is 1. The van der Waals surface area contributed by atoms with Gasteiger partial charge >= 0.3 is 0 Å². The molecule has 180 valence electrons. The maximum Gasteiger partial charge on any atom is 0.235 e. The summed E-state index contributed by atoms with van der Waals surface area (Å²) in [6.07, 6.45) is 2.75. The molecule has 0 saturated carbocycles. The molecule has 5 nitrogen and oxygen atoms in total. The summed E-state index contributed by atoms with van der Waals surface area (Å²) in [5.41, 5.74) is 2.53. The van der Waals surface area contributed by atoms with Crippen LogP contribution in [0.3, 0.4) is 0 Å². The smallest absolute Gasteiger partial charge is 0.235 e. The van der Waals surface area contributed by atoms with Crippen LogP contribution in [0.2, 0.25) is 0 Å². The van der Waals surface area contributed by atoms with Gasteiger partial charge in [-0.2, -0.15) is 0 Å². The molecule has 2 amide bonds. The first kappa shape index (κ1) is 23.2. The van der Waals surface area contributed by atoms with Gasteiger partial charge in [0.05, 0.1) is 30.7 Å². The molecule has 0 aromatic heterocycles. The summed E-state index contributed by atoms with van der Waals surface area (Å²) in [7, 11) is 1.65. The van der Waals surface area contributed by atoms with Crippen LogP contribution in [-0.4, -0.2) is 35.4 Å². The number of hydrogen-bond donors (Lipinski definition) is 1. The molecule has 2 aliphatic heterocycles. The Kier molecular flexibility index (Phi) is 6.33. The van der Waals surface area contributed by atoms with E-state index in [1.54, 1.807) is 7.11 Å². The van der Waals surface area contributed by atoms with Crippen LogP contribution in [0.25, 0.3) is 0 Å². The van der Waals surface area contributed by atoms with Crippen LogP contribution >= 0.6 is 0 Å². The van der Waals surface area contributed by atoms with Crippen molar-refractivity contribution in [3.8, 4) is 5.75 Å². The van der Waals surface area contributed by atoms with E-state index in [0.29, 0.717) is 12.8 Å². The van der Waals surface area contributed by atoms with Crippen molar-refractivity contribution < 1.29 is 14.3 Å². The number of nitrogens with one attached hydrogen (secondary N) is 1. The molecule has 0 radical (unpaired) electrons. The van der Waals surface area contributed by atoms with Crippen molar-refractivity contribution in [1.29, 1.82) is 0 Å². The summed E-state index contributed by atoms with van der Waals surface area (Å²) in [6, 6.07) is 27.8. The minimum atomic E-state index is -0.480. The molecule has 2 aliphatic rings. The van der Waals surface area contributed by atoms with Gasteiger partial charge in [0, 0.05) is 6.42 Å². The van der Waals surface area contributed by atoms with Crippen molar-refractivity contribution in [2.24, 2.45) is 0 Å². The van der Waals surface area contributed by atoms with E-state index in [4.69, 9.17) is 4.74 Å². The van der Waals surface area contributed by atoms with Crippen LogP contribution in [0.5, 0.6) is 5.75 Å². The van der Waals surface area contributed by atoms with E-state index in [0.717, 1.165) is 35.3 Å². The Hall–Kier alpha value is -3.60. The van der Waals surface area contributed by atoms with E-state index < -0.39 is 11.5 Å². The topological polar surface area (TPSA) is 58.6 Å². The molecule has 2 saturated heterocycles. The van der Waals surface area contributed by atoms with Crippen molar-refractivity contribution in [2.45, 2.75) is 56.1 Å². The summed E-state index contributed by atoms with van der Waals surface area (Å²) in [5.74, 6) is 0.512. The lowest BCUT2D eigenvalue weighted by molar-refractivity contribution is -0.136. The third kappa shape index (κ3) is 4.43. The van der Waals surface area contributed by atoms with Gasteiger partial charge in [-0.25, -0.2) is 0 Å². The van der Waals surface area contributed by atoms with Crippen LogP contribution in [-0.2, 0) is 9.59 Å². The molecule has 5 rings (SSSR count). The monoisotopic (exact) mass is 468 g/mol. The van der Waals surface area contributed by atoms with Crippen LogP contribution in [0.4, 0.5) is 0 Å². The van der Waals surface area contributed by atoms with Gasteiger partial charge in [-0.3, -0.25) is 9.59 Å². The Morgan fingerprint density at radius 1 is 0.971 bits per heavy atom. The molecule has 0 aliphatic carbocycles. The number of benzene rings is 3. The Morgan fingerprint density at radius 3 is 2.14 bits per heavy atom.